The standard InChI is InChI=1S/C19H16N2O5S/c1-2-26-15-9-11(3-8-14(15)22)10-16-17(21-19(25)27-16)20-13-6-4-12(5-7-13)18(23)24/h3-10,22H,2H2,1H3,(H,23,24)(H,20,21,25)/b16-10-. The molecule has 3 N–H and O–H groups in total. The number of nitrogens with one attached hydrogen (secondary N) is 1. The summed E-state index contributed by atoms with van der Waals surface area (Å²) in [5.41, 5.74) is 1.42. The van der Waals surface area contributed by atoms with Gasteiger partial charge in [-0.2, -0.15) is 0 Å². The number of aliphatic imine (C=N–C) groups is 1. The second kappa shape index (κ2) is 7.96. The maximum Gasteiger partial charge on any atom is 0.335 e. The van der Waals surface area contributed by atoms with Gasteiger partial charge in [0.05, 0.1) is 22.8 Å². The molecule has 1 aliphatic rings. The summed E-state index contributed by atoms with van der Waals surface area (Å²) in [6.45, 7) is 2.24. The van der Waals surface area contributed by atoms with Crippen LogP contribution < -0.4 is 10.1 Å². The number of carbonyl (C=O) groups is 2. The summed E-state index contributed by atoms with van der Waals surface area (Å²) in [6, 6.07) is 10.9. The fourth-order valence-electron chi connectivity index (χ4n) is 2.36. The molecule has 0 atom stereocenters. The molecule has 3 rings (SSSR count). The van der Waals surface area contributed by atoms with Gasteiger partial charge in [0.25, 0.3) is 5.24 Å². The first kappa shape index (κ1) is 18.5. The molecule has 0 saturated carbocycles. The zero-order chi connectivity index (χ0) is 19.4. The van der Waals surface area contributed by atoms with E-state index in [1.165, 1.54) is 18.2 Å². The Hall–Kier alpha value is -3.26. The highest BCUT2D eigenvalue weighted by Crippen LogP contribution is 2.32. The highest BCUT2D eigenvalue weighted by atomic mass is 32.2. The van der Waals surface area contributed by atoms with Crippen molar-refractivity contribution in [2.24, 2.45) is 4.99 Å². The molecule has 1 heterocycles. The Morgan fingerprint density at radius 2 is 2.00 bits per heavy atom. The number of rotatable bonds is 5. The van der Waals surface area contributed by atoms with Crippen molar-refractivity contribution in [3.63, 3.8) is 0 Å². The van der Waals surface area contributed by atoms with Crippen molar-refractivity contribution in [2.75, 3.05) is 6.61 Å². The number of benzene rings is 2. The Morgan fingerprint density at radius 3 is 2.67 bits per heavy atom. The molecule has 1 saturated heterocycles. The molecule has 27 heavy (non-hydrogen) atoms. The van der Waals surface area contributed by atoms with Crippen LogP contribution in [0.5, 0.6) is 11.5 Å². The first-order valence-corrected chi connectivity index (χ1v) is 8.86. The number of amides is 1. The van der Waals surface area contributed by atoms with Crippen LogP contribution in [0, 0.1) is 0 Å². The number of hydrogen-bond donors (Lipinski definition) is 3. The maximum atomic E-state index is 11.8. The van der Waals surface area contributed by atoms with Crippen LogP contribution in [-0.4, -0.2) is 33.9 Å². The highest BCUT2D eigenvalue weighted by molar-refractivity contribution is 8.18. The second-order valence-corrected chi connectivity index (χ2v) is 6.51. The maximum absolute atomic E-state index is 11.8. The van der Waals surface area contributed by atoms with Crippen LogP contribution >= 0.6 is 11.8 Å². The zero-order valence-corrected chi connectivity index (χ0v) is 15.1. The predicted molar refractivity (Wildman–Crippen MR) is 104 cm³/mol. The Balaban J connectivity index is 1.91. The van der Waals surface area contributed by atoms with E-state index < -0.39 is 5.97 Å². The first-order valence-electron chi connectivity index (χ1n) is 8.05. The lowest BCUT2D eigenvalue weighted by atomic mass is 10.2. The van der Waals surface area contributed by atoms with Gasteiger partial charge in [-0.3, -0.25) is 4.79 Å². The van der Waals surface area contributed by atoms with Crippen LogP contribution in [0.4, 0.5) is 10.5 Å². The summed E-state index contributed by atoms with van der Waals surface area (Å²) in [5.74, 6) is -0.243. The molecule has 0 aromatic heterocycles. The molecule has 0 radical (unpaired) electrons. The summed E-state index contributed by atoms with van der Waals surface area (Å²) >= 11 is 1.00. The lowest BCUT2D eigenvalue weighted by Gasteiger charge is -2.07. The van der Waals surface area contributed by atoms with Gasteiger partial charge < -0.3 is 20.3 Å². The molecule has 0 spiro atoms. The van der Waals surface area contributed by atoms with Crippen LogP contribution in [0.25, 0.3) is 6.08 Å². The van der Waals surface area contributed by atoms with Crippen molar-refractivity contribution in [3.8, 4) is 11.5 Å². The molecule has 138 valence electrons. The van der Waals surface area contributed by atoms with Crippen LogP contribution in [0.2, 0.25) is 0 Å². The summed E-state index contributed by atoms with van der Waals surface area (Å²) < 4.78 is 5.37. The number of hydrogen-bond acceptors (Lipinski definition) is 6. The summed E-state index contributed by atoms with van der Waals surface area (Å²) in [4.78, 5) is 27.7. The summed E-state index contributed by atoms with van der Waals surface area (Å²) in [7, 11) is 0. The van der Waals surface area contributed by atoms with Crippen molar-refractivity contribution in [2.45, 2.75) is 6.92 Å². The molecular formula is C19H16N2O5S. The third-order valence-corrected chi connectivity index (χ3v) is 4.41. The number of aromatic hydroxyl groups is 1. The van der Waals surface area contributed by atoms with Gasteiger partial charge in [0.1, 0.15) is 5.84 Å². The number of thioether (sulfide) groups is 1. The molecule has 0 unspecified atom stereocenters. The van der Waals surface area contributed by atoms with Crippen molar-refractivity contribution >= 4 is 40.6 Å². The van der Waals surface area contributed by atoms with Crippen molar-refractivity contribution < 1.29 is 24.5 Å². The second-order valence-electron chi connectivity index (χ2n) is 5.50. The Labute approximate surface area is 159 Å². The van der Waals surface area contributed by atoms with Gasteiger partial charge in [-0.05, 0) is 66.7 Å². The minimum Gasteiger partial charge on any atom is -0.504 e. The zero-order valence-electron chi connectivity index (χ0n) is 14.3. The summed E-state index contributed by atoms with van der Waals surface area (Å²) in [5, 5.41) is 21.2. The van der Waals surface area contributed by atoms with Crippen LogP contribution in [0.15, 0.2) is 52.4 Å². The van der Waals surface area contributed by atoms with E-state index in [1.54, 1.807) is 30.3 Å². The van der Waals surface area contributed by atoms with E-state index in [9.17, 15) is 14.7 Å². The minimum absolute atomic E-state index is 0.0414. The molecule has 7 nitrogen and oxygen atoms in total. The van der Waals surface area contributed by atoms with Crippen LogP contribution in [0.3, 0.4) is 0 Å². The van der Waals surface area contributed by atoms with Gasteiger partial charge in [-0.1, -0.05) is 6.07 Å². The van der Waals surface area contributed by atoms with Gasteiger partial charge in [-0.25, -0.2) is 9.79 Å². The van der Waals surface area contributed by atoms with Crippen molar-refractivity contribution in [1.82, 2.24) is 5.32 Å². The smallest absolute Gasteiger partial charge is 0.335 e. The molecule has 1 aliphatic heterocycles. The number of amidine groups is 1. The van der Waals surface area contributed by atoms with Crippen LogP contribution in [0.1, 0.15) is 22.8 Å². The molecule has 2 aromatic carbocycles. The fraction of sp³-hybridized carbons (Fsp3) is 0.105. The topological polar surface area (TPSA) is 108 Å². The normalized spacial score (nSPS) is 16.6. The SMILES string of the molecule is CCOc1cc(/C=C2\SC(=O)NC2=Nc2ccc(C(=O)O)cc2)ccc1O. The number of phenols is 1. The van der Waals surface area contributed by atoms with Gasteiger partial charge in [0.2, 0.25) is 0 Å². The van der Waals surface area contributed by atoms with E-state index in [2.05, 4.69) is 10.3 Å². The molecule has 8 heteroatoms. The van der Waals surface area contributed by atoms with Crippen molar-refractivity contribution in [1.29, 1.82) is 0 Å². The lowest BCUT2D eigenvalue weighted by Crippen LogP contribution is -2.18. The minimum atomic E-state index is -1.02. The number of nitrogens with zero attached hydrogens (tertiary/aromatic N) is 1. The number of ether oxygens (including phenoxy) is 1. The average molecular weight is 384 g/mol. The quantitative estimate of drug-likeness (QED) is 0.719. The predicted octanol–water partition coefficient (Wildman–Crippen LogP) is 4.02. The highest BCUT2D eigenvalue weighted by Gasteiger charge is 2.23. The number of aromatic carboxylic acids is 1. The lowest BCUT2D eigenvalue weighted by molar-refractivity contribution is 0.0697. The molecule has 0 bridgehead atoms. The number of carboxylic acid groups (broad SMARTS) is 1. The average Bonchev–Trinajstić information content (AvgIpc) is 2.97. The van der Waals surface area contributed by atoms with Crippen molar-refractivity contribution in [3.05, 3.63) is 58.5 Å². The van der Waals surface area contributed by atoms with Gasteiger partial charge in [0.15, 0.2) is 11.5 Å². The molecule has 2 aromatic rings. The molecule has 0 aliphatic carbocycles. The van der Waals surface area contributed by atoms with E-state index in [-0.39, 0.29) is 16.6 Å². The molecule has 1 amide bonds. The Bertz CT molecular complexity index is 951. The Morgan fingerprint density at radius 1 is 1.26 bits per heavy atom. The number of carboxylic acids is 1. The van der Waals surface area contributed by atoms with Gasteiger partial charge >= 0.3 is 5.97 Å². The van der Waals surface area contributed by atoms with E-state index in [1.807, 2.05) is 6.92 Å². The Kier molecular flexibility index (Phi) is 5.46. The summed E-state index contributed by atoms with van der Waals surface area (Å²) in [6.07, 6.45) is 1.76. The van der Waals surface area contributed by atoms with Crippen LogP contribution in [-0.2, 0) is 0 Å². The molecular weight excluding hydrogens is 368 g/mol. The van der Waals surface area contributed by atoms with Gasteiger partial charge in [0, 0.05) is 0 Å². The van der Waals surface area contributed by atoms with E-state index >= 15 is 0 Å². The first-order chi connectivity index (χ1) is 13.0. The fourth-order valence-corrected chi connectivity index (χ4v) is 3.10. The van der Waals surface area contributed by atoms with E-state index in [0.29, 0.717) is 28.8 Å². The van der Waals surface area contributed by atoms with E-state index in [0.717, 1.165) is 17.3 Å². The van der Waals surface area contributed by atoms with E-state index in [4.69, 9.17) is 9.84 Å². The monoisotopic (exact) mass is 384 g/mol. The third kappa shape index (κ3) is 4.48. The number of carbonyl (C=O) groups excluding carboxylic acids is 1. The number of phenolic OH excluding ortho intramolecular Hbond substituents is 1. The third-order valence-electron chi connectivity index (χ3n) is 3.59. The largest absolute Gasteiger partial charge is 0.504 e. The molecule has 1 fully saturated rings. The van der Waals surface area contributed by atoms with Gasteiger partial charge in [-0.15, -0.1) is 0 Å².